The summed E-state index contributed by atoms with van der Waals surface area (Å²) in [6, 6.07) is 9.98. The Morgan fingerprint density at radius 1 is 1.29 bits per heavy atom. The smallest absolute Gasteiger partial charge is 0.316 e. The number of carbonyl (C=O) groups excluding carboxylic acids is 2. The van der Waals surface area contributed by atoms with E-state index >= 15 is 0 Å². The van der Waals surface area contributed by atoms with Crippen molar-refractivity contribution in [3.05, 3.63) is 48.0 Å². The molecule has 0 aromatic heterocycles. The van der Waals surface area contributed by atoms with Crippen LogP contribution in [-0.2, 0) is 20.7 Å². The van der Waals surface area contributed by atoms with Gasteiger partial charge < -0.3 is 4.74 Å². The summed E-state index contributed by atoms with van der Waals surface area (Å²) in [7, 11) is 0. The molecule has 1 heterocycles. The molecule has 1 saturated heterocycles. The number of ether oxygens (including phenoxy) is 1. The lowest BCUT2D eigenvalue weighted by Crippen LogP contribution is -2.34. The molecule has 2 rings (SSSR count). The second kappa shape index (κ2) is 9.16. The lowest BCUT2D eigenvalue weighted by atomic mass is 9.77. The Morgan fingerprint density at radius 3 is 2.62 bits per heavy atom. The number of hydrogen-bond donors (Lipinski definition) is 0. The standard InChI is InChI=1S/C20H25BrO3/c1-14(2)17(10-6-7-11-21)19(22)18-16(13-24-20(18)23)12-15-8-4-3-5-9-15/h3-9,14,16-18H,10-13H2,1-2H3. The van der Waals surface area contributed by atoms with Crippen LogP contribution in [-0.4, -0.2) is 23.7 Å². The molecule has 130 valence electrons. The summed E-state index contributed by atoms with van der Waals surface area (Å²) >= 11 is 3.35. The molecule has 0 aliphatic carbocycles. The first-order chi connectivity index (χ1) is 11.5. The molecule has 24 heavy (non-hydrogen) atoms. The predicted molar refractivity (Wildman–Crippen MR) is 99.0 cm³/mol. The van der Waals surface area contributed by atoms with Crippen LogP contribution in [0.5, 0.6) is 0 Å². The molecule has 1 aliphatic rings. The van der Waals surface area contributed by atoms with E-state index in [1.165, 1.54) is 0 Å². The summed E-state index contributed by atoms with van der Waals surface area (Å²) in [5.41, 5.74) is 1.14. The number of allylic oxidation sites excluding steroid dienone is 2. The van der Waals surface area contributed by atoms with Crippen molar-refractivity contribution < 1.29 is 14.3 Å². The predicted octanol–water partition coefficient (Wildman–Crippen LogP) is 4.20. The third-order valence-corrected chi connectivity index (χ3v) is 5.00. The zero-order chi connectivity index (χ0) is 17.5. The molecule has 1 aliphatic heterocycles. The Labute approximate surface area is 152 Å². The maximum Gasteiger partial charge on any atom is 0.316 e. The van der Waals surface area contributed by atoms with Gasteiger partial charge in [0.1, 0.15) is 5.92 Å². The molecule has 0 saturated carbocycles. The Hall–Kier alpha value is -1.42. The number of esters is 1. The van der Waals surface area contributed by atoms with Gasteiger partial charge in [-0.2, -0.15) is 0 Å². The van der Waals surface area contributed by atoms with Crippen LogP contribution in [0.25, 0.3) is 0 Å². The number of Topliss-reactive ketones (excluding diaryl/α,β-unsaturated/α-hetero) is 1. The fourth-order valence-corrected chi connectivity index (χ4v) is 3.53. The molecule has 0 amide bonds. The second-order valence-corrected chi connectivity index (χ2v) is 7.32. The van der Waals surface area contributed by atoms with Crippen molar-refractivity contribution >= 4 is 27.7 Å². The van der Waals surface area contributed by atoms with Gasteiger partial charge in [-0.3, -0.25) is 9.59 Å². The van der Waals surface area contributed by atoms with Crippen LogP contribution in [0.4, 0.5) is 0 Å². The Bertz CT molecular complexity index is 580. The van der Waals surface area contributed by atoms with Crippen molar-refractivity contribution in [3.8, 4) is 0 Å². The Kier molecular flexibility index (Phi) is 7.22. The molecule has 4 heteroatoms. The lowest BCUT2D eigenvalue weighted by Gasteiger charge is -2.23. The number of halogens is 1. The normalized spacial score (nSPS) is 22.1. The van der Waals surface area contributed by atoms with Gasteiger partial charge in [0.15, 0.2) is 5.78 Å². The van der Waals surface area contributed by atoms with Gasteiger partial charge in [0.2, 0.25) is 0 Å². The molecule has 3 atom stereocenters. The van der Waals surface area contributed by atoms with Gasteiger partial charge in [0.05, 0.1) is 6.61 Å². The van der Waals surface area contributed by atoms with Crippen LogP contribution in [0.15, 0.2) is 42.5 Å². The molecule has 0 bridgehead atoms. The van der Waals surface area contributed by atoms with E-state index in [0.717, 1.165) is 10.9 Å². The summed E-state index contributed by atoms with van der Waals surface area (Å²) in [4.78, 5) is 25.3. The molecule has 0 N–H and O–H groups in total. The lowest BCUT2D eigenvalue weighted by molar-refractivity contribution is -0.146. The fourth-order valence-electron chi connectivity index (χ4n) is 3.26. The van der Waals surface area contributed by atoms with Crippen molar-refractivity contribution in [2.45, 2.75) is 26.7 Å². The first-order valence-electron chi connectivity index (χ1n) is 8.49. The van der Waals surface area contributed by atoms with Crippen LogP contribution < -0.4 is 0 Å². The maximum atomic E-state index is 13.0. The molecular weight excluding hydrogens is 368 g/mol. The van der Waals surface area contributed by atoms with Crippen LogP contribution >= 0.6 is 15.9 Å². The van der Waals surface area contributed by atoms with Gasteiger partial charge in [0, 0.05) is 17.2 Å². The molecular formula is C20H25BrO3. The zero-order valence-electron chi connectivity index (χ0n) is 14.3. The number of hydrogen-bond acceptors (Lipinski definition) is 3. The van der Waals surface area contributed by atoms with Gasteiger partial charge in [-0.1, -0.05) is 72.3 Å². The number of cyclic esters (lactones) is 1. The summed E-state index contributed by atoms with van der Waals surface area (Å²) in [6.07, 6.45) is 5.38. The summed E-state index contributed by atoms with van der Waals surface area (Å²) in [6.45, 7) is 4.42. The van der Waals surface area contributed by atoms with Gasteiger partial charge in [-0.05, 0) is 24.3 Å². The third kappa shape index (κ3) is 4.79. The van der Waals surface area contributed by atoms with E-state index in [4.69, 9.17) is 4.74 Å². The van der Waals surface area contributed by atoms with E-state index in [2.05, 4.69) is 15.9 Å². The maximum absolute atomic E-state index is 13.0. The fraction of sp³-hybridized carbons (Fsp3) is 0.500. The van der Waals surface area contributed by atoms with E-state index in [1.54, 1.807) is 0 Å². The van der Waals surface area contributed by atoms with Crippen molar-refractivity contribution in [1.29, 1.82) is 0 Å². The van der Waals surface area contributed by atoms with Crippen molar-refractivity contribution in [2.24, 2.45) is 23.7 Å². The summed E-state index contributed by atoms with van der Waals surface area (Å²) in [5, 5.41) is 0.772. The van der Waals surface area contributed by atoms with Gasteiger partial charge in [-0.25, -0.2) is 0 Å². The second-order valence-electron chi connectivity index (χ2n) is 6.67. The largest absolute Gasteiger partial charge is 0.465 e. The molecule has 0 spiro atoms. The van der Waals surface area contributed by atoms with Crippen LogP contribution in [0.2, 0.25) is 0 Å². The molecule has 3 unspecified atom stereocenters. The van der Waals surface area contributed by atoms with E-state index in [-0.39, 0.29) is 29.5 Å². The van der Waals surface area contributed by atoms with Gasteiger partial charge in [0.25, 0.3) is 0 Å². The number of ketones is 1. The molecule has 1 aromatic rings. The van der Waals surface area contributed by atoms with E-state index in [1.807, 2.05) is 56.3 Å². The number of carbonyl (C=O) groups is 2. The number of alkyl halides is 1. The average molecular weight is 393 g/mol. The quantitative estimate of drug-likeness (QED) is 0.288. The monoisotopic (exact) mass is 392 g/mol. The molecule has 3 nitrogen and oxygen atoms in total. The van der Waals surface area contributed by atoms with Crippen LogP contribution in [0.3, 0.4) is 0 Å². The third-order valence-electron chi connectivity index (χ3n) is 4.63. The first-order valence-corrected chi connectivity index (χ1v) is 9.62. The molecule has 1 fully saturated rings. The van der Waals surface area contributed by atoms with Crippen molar-refractivity contribution in [1.82, 2.24) is 0 Å². The van der Waals surface area contributed by atoms with Crippen LogP contribution in [0, 0.1) is 23.7 Å². The van der Waals surface area contributed by atoms with Gasteiger partial charge in [-0.15, -0.1) is 0 Å². The average Bonchev–Trinajstić information content (AvgIpc) is 2.92. The highest BCUT2D eigenvalue weighted by Crippen LogP contribution is 2.32. The minimum absolute atomic E-state index is 0.0349. The Morgan fingerprint density at radius 2 is 2.00 bits per heavy atom. The SMILES string of the molecule is CC(C)C(CC=CCBr)C(=O)C1C(=O)OCC1Cc1ccccc1. The number of benzene rings is 1. The summed E-state index contributed by atoms with van der Waals surface area (Å²) < 4.78 is 5.24. The minimum Gasteiger partial charge on any atom is -0.465 e. The minimum atomic E-state index is -0.630. The molecule has 0 radical (unpaired) electrons. The number of rotatable bonds is 8. The van der Waals surface area contributed by atoms with Gasteiger partial charge >= 0.3 is 5.97 Å². The Balaban J connectivity index is 2.13. The van der Waals surface area contributed by atoms with Crippen molar-refractivity contribution in [3.63, 3.8) is 0 Å². The van der Waals surface area contributed by atoms with E-state index in [0.29, 0.717) is 19.4 Å². The van der Waals surface area contributed by atoms with Crippen LogP contribution in [0.1, 0.15) is 25.8 Å². The topological polar surface area (TPSA) is 43.4 Å². The summed E-state index contributed by atoms with van der Waals surface area (Å²) in [5.74, 6) is -0.954. The van der Waals surface area contributed by atoms with Crippen molar-refractivity contribution in [2.75, 3.05) is 11.9 Å². The highest BCUT2D eigenvalue weighted by Gasteiger charge is 2.44. The van der Waals surface area contributed by atoms with E-state index < -0.39 is 5.92 Å². The van der Waals surface area contributed by atoms with E-state index in [9.17, 15) is 9.59 Å². The zero-order valence-corrected chi connectivity index (χ0v) is 15.9. The molecule has 1 aromatic carbocycles. The highest BCUT2D eigenvalue weighted by atomic mass is 79.9. The highest BCUT2D eigenvalue weighted by molar-refractivity contribution is 9.09. The first kappa shape index (κ1) is 18.9.